The second-order valence-corrected chi connectivity index (χ2v) is 5.15. The van der Waals surface area contributed by atoms with Crippen molar-refractivity contribution in [1.29, 1.82) is 0 Å². The highest BCUT2D eigenvalue weighted by Gasteiger charge is 2.18. The highest BCUT2D eigenvalue weighted by molar-refractivity contribution is 5.85. The Balaban J connectivity index is 0.00000288. The molecule has 24 heavy (non-hydrogen) atoms. The van der Waals surface area contributed by atoms with Crippen molar-refractivity contribution in [3.63, 3.8) is 0 Å². The third-order valence-electron chi connectivity index (χ3n) is 3.37. The molecule has 1 heterocycles. The molecule has 0 spiro atoms. The zero-order valence-electron chi connectivity index (χ0n) is 14.0. The first kappa shape index (κ1) is 19.9. The monoisotopic (exact) mass is 354 g/mol. The van der Waals surface area contributed by atoms with E-state index >= 15 is 0 Å². The number of aromatic nitrogens is 2. The summed E-state index contributed by atoms with van der Waals surface area (Å²) in [6.07, 6.45) is 1.24. The predicted octanol–water partition coefficient (Wildman–Crippen LogP) is 2.34. The minimum atomic E-state index is -0.340. The van der Waals surface area contributed by atoms with Gasteiger partial charge in [-0.15, -0.1) is 12.4 Å². The quantitative estimate of drug-likeness (QED) is 0.707. The molecule has 0 radical (unpaired) electrons. The van der Waals surface area contributed by atoms with E-state index in [1.807, 2.05) is 38.2 Å². The normalized spacial score (nSPS) is 11.5. The molecule has 0 aliphatic rings. The topological polar surface area (TPSA) is 89.3 Å². The van der Waals surface area contributed by atoms with Gasteiger partial charge in [-0.3, -0.25) is 4.79 Å². The van der Waals surface area contributed by atoms with Crippen LogP contribution in [0.2, 0.25) is 0 Å². The Morgan fingerprint density at radius 1 is 1.38 bits per heavy atom. The largest absolute Gasteiger partial charge is 0.496 e. The van der Waals surface area contributed by atoms with Crippen LogP contribution in [0.1, 0.15) is 31.7 Å². The Hall–Kier alpha value is -2.12. The Bertz CT molecular complexity index is 648. The van der Waals surface area contributed by atoms with Crippen LogP contribution < -0.4 is 15.4 Å². The van der Waals surface area contributed by atoms with Crippen LogP contribution in [0.3, 0.4) is 0 Å². The number of carbonyl (C=O) groups excluding carboxylic acids is 1. The molecular formula is C16H23ClN4O3. The maximum Gasteiger partial charge on any atom is 0.249 e. The number of hydrogen-bond donors (Lipinski definition) is 2. The van der Waals surface area contributed by atoms with Crippen LogP contribution in [0, 0.1) is 0 Å². The number of halogens is 1. The number of ether oxygens (including phenoxy) is 1. The molecule has 1 amide bonds. The molecule has 1 aromatic carbocycles. The summed E-state index contributed by atoms with van der Waals surface area (Å²) in [6, 6.07) is 7.10. The van der Waals surface area contributed by atoms with Crippen LogP contribution in [0.5, 0.6) is 5.75 Å². The highest BCUT2D eigenvalue weighted by Crippen LogP contribution is 2.27. The van der Waals surface area contributed by atoms with E-state index in [0.29, 0.717) is 23.9 Å². The van der Waals surface area contributed by atoms with E-state index in [4.69, 9.17) is 9.26 Å². The van der Waals surface area contributed by atoms with E-state index < -0.39 is 0 Å². The minimum absolute atomic E-state index is 0. The first-order chi connectivity index (χ1) is 11.2. The SMILES string of the molecule is CNCCCC(=O)NC(C)c1nc(-c2ccccc2OC)no1.Cl. The maximum atomic E-state index is 11.8. The summed E-state index contributed by atoms with van der Waals surface area (Å²) in [4.78, 5) is 16.2. The van der Waals surface area contributed by atoms with Gasteiger partial charge in [0.15, 0.2) is 0 Å². The number of nitrogens with one attached hydrogen (secondary N) is 2. The van der Waals surface area contributed by atoms with Crippen LogP contribution in [0.25, 0.3) is 11.4 Å². The van der Waals surface area contributed by atoms with Crippen molar-refractivity contribution in [2.24, 2.45) is 0 Å². The Morgan fingerprint density at radius 3 is 2.83 bits per heavy atom. The summed E-state index contributed by atoms with van der Waals surface area (Å²) in [7, 11) is 3.45. The second kappa shape index (κ2) is 9.89. The van der Waals surface area contributed by atoms with Crippen molar-refractivity contribution < 1.29 is 14.1 Å². The first-order valence-corrected chi connectivity index (χ1v) is 7.56. The molecule has 1 aromatic heterocycles. The molecule has 2 rings (SSSR count). The molecule has 8 heteroatoms. The summed E-state index contributed by atoms with van der Waals surface area (Å²) in [5.74, 6) is 1.44. The second-order valence-electron chi connectivity index (χ2n) is 5.15. The molecule has 1 atom stereocenters. The Labute approximate surface area is 147 Å². The molecule has 2 aromatic rings. The average molecular weight is 355 g/mol. The summed E-state index contributed by atoms with van der Waals surface area (Å²) in [5, 5.41) is 9.83. The lowest BCUT2D eigenvalue weighted by Crippen LogP contribution is -2.27. The lowest BCUT2D eigenvalue weighted by Gasteiger charge is -2.09. The average Bonchev–Trinajstić information content (AvgIpc) is 3.05. The summed E-state index contributed by atoms with van der Waals surface area (Å²) < 4.78 is 10.6. The van der Waals surface area contributed by atoms with Gasteiger partial charge in [-0.2, -0.15) is 4.98 Å². The lowest BCUT2D eigenvalue weighted by atomic mass is 10.2. The van der Waals surface area contributed by atoms with Crippen molar-refractivity contribution in [1.82, 2.24) is 20.8 Å². The standard InChI is InChI=1S/C16H22N4O3.ClH/c1-11(18-14(21)9-6-10-17-2)16-19-15(20-23-16)12-7-4-5-8-13(12)22-3;/h4-5,7-8,11,17H,6,9-10H2,1-3H3,(H,18,21);1H. The van der Waals surface area contributed by atoms with E-state index in [-0.39, 0.29) is 24.4 Å². The molecule has 0 bridgehead atoms. The predicted molar refractivity (Wildman–Crippen MR) is 93.3 cm³/mol. The van der Waals surface area contributed by atoms with Gasteiger partial charge in [0.25, 0.3) is 0 Å². The van der Waals surface area contributed by atoms with Crippen LogP contribution in [-0.4, -0.2) is 36.8 Å². The van der Waals surface area contributed by atoms with Crippen LogP contribution in [0.15, 0.2) is 28.8 Å². The van der Waals surface area contributed by atoms with E-state index in [9.17, 15) is 4.79 Å². The van der Waals surface area contributed by atoms with Gasteiger partial charge in [0.05, 0.1) is 12.7 Å². The van der Waals surface area contributed by atoms with Gasteiger partial charge in [-0.25, -0.2) is 0 Å². The van der Waals surface area contributed by atoms with E-state index in [0.717, 1.165) is 18.5 Å². The third kappa shape index (κ3) is 5.21. The fraction of sp³-hybridized carbons (Fsp3) is 0.438. The number of rotatable bonds is 8. The fourth-order valence-electron chi connectivity index (χ4n) is 2.15. The number of benzene rings is 1. The number of para-hydroxylation sites is 1. The highest BCUT2D eigenvalue weighted by atomic mass is 35.5. The van der Waals surface area contributed by atoms with Crippen molar-refractivity contribution in [2.45, 2.75) is 25.8 Å². The number of amides is 1. The van der Waals surface area contributed by atoms with Gasteiger partial charge in [-0.05, 0) is 39.1 Å². The smallest absolute Gasteiger partial charge is 0.249 e. The number of nitrogens with zero attached hydrogens (tertiary/aromatic N) is 2. The van der Waals surface area contributed by atoms with Gasteiger partial charge in [-0.1, -0.05) is 17.3 Å². The van der Waals surface area contributed by atoms with E-state index in [1.165, 1.54) is 0 Å². The van der Waals surface area contributed by atoms with Crippen LogP contribution in [0.4, 0.5) is 0 Å². The van der Waals surface area contributed by atoms with Crippen LogP contribution in [-0.2, 0) is 4.79 Å². The lowest BCUT2D eigenvalue weighted by molar-refractivity contribution is -0.122. The summed E-state index contributed by atoms with van der Waals surface area (Å²) in [5.41, 5.74) is 0.748. The molecule has 7 nitrogen and oxygen atoms in total. The minimum Gasteiger partial charge on any atom is -0.496 e. The summed E-state index contributed by atoms with van der Waals surface area (Å²) in [6.45, 7) is 2.62. The number of hydrogen-bond acceptors (Lipinski definition) is 6. The van der Waals surface area contributed by atoms with Gasteiger partial charge in [0.1, 0.15) is 11.8 Å². The van der Waals surface area contributed by atoms with Gasteiger partial charge >= 0.3 is 0 Å². The Kier molecular flexibility index (Phi) is 8.21. The molecular weight excluding hydrogens is 332 g/mol. The summed E-state index contributed by atoms with van der Waals surface area (Å²) >= 11 is 0. The van der Waals surface area contributed by atoms with Gasteiger partial charge < -0.3 is 19.9 Å². The zero-order chi connectivity index (χ0) is 16.7. The van der Waals surface area contributed by atoms with Crippen molar-refractivity contribution in [3.8, 4) is 17.1 Å². The molecule has 2 N–H and O–H groups in total. The molecule has 0 fully saturated rings. The fourth-order valence-corrected chi connectivity index (χ4v) is 2.15. The molecule has 132 valence electrons. The molecule has 0 aliphatic carbocycles. The molecule has 0 aliphatic heterocycles. The van der Waals surface area contributed by atoms with Crippen molar-refractivity contribution in [2.75, 3.05) is 20.7 Å². The zero-order valence-corrected chi connectivity index (χ0v) is 14.9. The molecule has 0 saturated carbocycles. The van der Waals surface area contributed by atoms with Gasteiger partial charge in [0.2, 0.25) is 17.6 Å². The van der Waals surface area contributed by atoms with Crippen molar-refractivity contribution >= 4 is 18.3 Å². The van der Waals surface area contributed by atoms with Crippen molar-refractivity contribution in [3.05, 3.63) is 30.2 Å². The molecule has 0 saturated heterocycles. The maximum absolute atomic E-state index is 11.8. The first-order valence-electron chi connectivity index (χ1n) is 7.56. The van der Waals surface area contributed by atoms with Crippen LogP contribution >= 0.6 is 12.4 Å². The third-order valence-corrected chi connectivity index (χ3v) is 3.37. The Morgan fingerprint density at radius 2 is 2.12 bits per heavy atom. The number of methoxy groups -OCH3 is 1. The number of carbonyl (C=O) groups is 1. The van der Waals surface area contributed by atoms with E-state index in [1.54, 1.807) is 7.11 Å². The van der Waals surface area contributed by atoms with E-state index in [2.05, 4.69) is 20.8 Å². The van der Waals surface area contributed by atoms with Gasteiger partial charge in [0, 0.05) is 6.42 Å². The molecule has 1 unspecified atom stereocenters.